The van der Waals surface area contributed by atoms with Gasteiger partial charge in [-0.25, -0.2) is 0 Å². The second kappa shape index (κ2) is 7.85. The first kappa shape index (κ1) is 14.7. The molecule has 0 aliphatic rings. The maximum atomic E-state index is 6.02. The minimum absolute atomic E-state index is 0.349. The van der Waals surface area contributed by atoms with E-state index in [9.17, 15) is 0 Å². The first-order valence-corrected chi connectivity index (χ1v) is 7.10. The first-order valence-electron chi connectivity index (χ1n) is 6.31. The molecule has 0 aromatic heterocycles. The molecule has 0 fully saturated rings. The van der Waals surface area contributed by atoms with Gasteiger partial charge in [-0.1, -0.05) is 47.5 Å². The van der Waals surface area contributed by atoms with E-state index in [0.29, 0.717) is 6.04 Å². The average Bonchev–Trinajstić information content (AvgIpc) is 2.30. The maximum Gasteiger partial charge on any atom is 0.0241 e. The van der Waals surface area contributed by atoms with Crippen LogP contribution >= 0.6 is 15.9 Å². The molecule has 0 aliphatic carbocycles. The van der Waals surface area contributed by atoms with Crippen molar-refractivity contribution in [1.82, 2.24) is 4.90 Å². The highest BCUT2D eigenvalue weighted by Gasteiger charge is 2.06. The summed E-state index contributed by atoms with van der Waals surface area (Å²) in [5.41, 5.74) is 7.35. The zero-order valence-corrected chi connectivity index (χ0v) is 12.4. The molecule has 1 aromatic rings. The minimum atomic E-state index is 0.349. The van der Waals surface area contributed by atoms with Crippen LogP contribution in [0.1, 0.15) is 31.7 Å². The van der Waals surface area contributed by atoms with Gasteiger partial charge in [0, 0.05) is 17.1 Å². The molecule has 0 saturated carbocycles. The first-order chi connectivity index (χ1) is 8.13. The summed E-state index contributed by atoms with van der Waals surface area (Å²) in [6.07, 6.45) is 3.38. The van der Waals surface area contributed by atoms with Gasteiger partial charge in [0.15, 0.2) is 0 Å². The van der Waals surface area contributed by atoms with Crippen molar-refractivity contribution in [3.8, 4) is 0 Å². The topological polar surface area (TPSA) is 29.3 Å². The second-order valence-electron chi connectivity index (χ2n) is 4.67. The van der Waals surface area contributed by atoms with E-state index >= 15 is 0 Å². The van der Waals surface area contributed by atoms with E-state index in [-0.39, 0.29) is 0 Å². The monoisotopic (exact) mass is 298 g/mol. The van der Waals surface area contributed by atoms with Gasteiger partial charge in [0.2, 0.25) is 0 Å². The molecule has 2 N–H and O–H groups in total. The Labute approximate surface area is 113 Å². The van der Waals surface area contributed by atoms with Gasteiger partial charge in [-0.15, -0.1) is 0 Å². The Kier molecular flexibility index (Phi) is 6.78. The Bertz CT molecular complexity index is 328. The number of halogens is 1. The summed E-state index contributed by atoms with van der Waals surface area (Å²) in [5, 5.41) is 0. The number of hydrogen-bond donors (Lipinski definition) is 1. The van der Waals surface area contributed by atoms with Crippen molar-refractivity contribution in [3.05, 3.63) is 34.3 Å². The predicted octanol–water partition coefficient (Wildman–Crippen LogP) is 3.40. The molecule has 3 heteroatoms. The molecule has 17 heavy (non-hydrogen) atoms. The molecule has 0 aliphatic heterocycles. The van der Waals surface area contributed by atoms with Crippen molar-refractivity contribution < 1.29 is 0 Å². The molecule has 0 amide bonds. The molecule has 1 rings (SSSR count). The zero-order valence-electron chi connectivity index (χ0n) is 10.8. The van der Waals surface area contributed by atoms with E-state index in [0.717, 1.165) is 25.9 Å². The van der Waals surface area contributed by atoms with Crippen molar-refractivity contribution >= 4 is 15.9 Å². The lowest BCUT2D eigenvalue weighted by atomic mass is 10.1. The molecule has 1 unspecified atom stereocenters. The molecular formula is C14H23BrN2. The van der Waals surface area contributed by atoms with E-state index in [2.05, 4.69) is 53.0 Å². The molecule has 0 heterocycles. The minimum Gasteiger partial charge on any atom is -0.328 e. The lowest BCUT2D eigenvalue weighted by molar-refractivity contribution is 0.307. The average molecular weight is 299 g/mol. The van der Waals surface area contributed by atoms with Crippen molar-refractivity contribution in [2.75, 3.05) is 13.6 Å². The summed E-state index contributed by atoms with van der Waals surface area (Å²) in [7, 11) is 2.15. The third kappa shape index (κ3) is 5.66. The van der Waals surface area contributed by atoms with Gasteiger partial charge in [-0.3, -0.25) is 0 Å². The number of nitrogens with two attached hydrogens (primary N) is 1. The highest BCUT2D eigenvalue weighted by atomic mass is 79.9. The molecule has 0 spiro atoms. The Hall–Kier alpha value is -0.380. The molecule has 1 aromatic carbocycles. The normalized spacial score (nSPS) is 13.0. The van der Waals surface area contributed by atoms with Gasteiger partial charge < -0.3 is 10.6 Å². The van der Waals surface area contributed by atoms with E-state index in [1.807, 2.05) is 6.07 Å². The van der Waals surface area contributed by atoms with Gasteiger partial charge >= 0.3 is 0 Å². The fraction of sp³-hybridized carbons (Fsp3) is 0.571. The highest BCUT2D eigenvalue weighted by Crippen LogP contribution is 2.17. The van der Waals surface area contributed by atoms with Crippen molar-refractivity contribution in [3.63, 3.8) is 0 Å². The Morgan fingerprint density at radius 3 is 2.65 bits per heavy atom. The Balaban J connectivity index is 2.34. The van der Waals surface area contributed by atoms with Crippen molar-refractivity contribution in [1.29, 1.82) is 0 Å². The molecule has 0 saturated heterocycles. The molecule has 2 nitrogen and oxygen atoms in total. The van der Waals surface area contributed by atoms with E-state index in [1.54, 1.807) is 0 Å². The standard InChI is InChI=1S/C14H23BrN2/c1-3-6-13(16)9-10-17(2)11-12-7-4-5-8-14(12)15/h4-5,7-8,13H,3,6,9-11,16H2,1-2H3. The molecule has 0 radical (unpaired) electrons. The number of rotatable bonds is 7. The third-order valence-electron chi connectivity index (χ3n) is 2.94. The lowest BCUT2D eigenvalue weighted by Crippen LogP contribution is -2.27. The Morgan fingerprint density at radius 2 is 2.00 bits per heavy atom. The summed E-state index contributed by atoms with van der Waals surface area (Å²) in [6.45, 7) is 4.22. The van der Waals surface area contributed by atoms with Crippen LogP contribution in [-0.4, -0.2) is 24.5 Å². The van der Waals surface area contributed by atoms with Crippen molar-refractivity contribution in [2.45, 2.75) is 38.8 Å². The highest BCUT2D eigenvalue weighted by molar-refractivity contribution is 9.10. The smallest absolute Gasteiger partial charge is 0.0241 e. The third-order valence-corrected chi connectivity index (χ3v) is 3.71. The predicted molar refractivity (Wildman–Crippen MR) is 78.0 cm³/mol. The SMILES string of the molecule is CCCC(N)CCN(C)Cc1ccccc1Br. The number of hydrogen-bond acceptors (Lipinski definition) is 2. The van der Waals surface area contributed by atoms with Crippen LogP contribution < -0.4 is 5.73 Å². The van der Waals surface area contributed by atoms with Crippen LogP contribution in [0.4, 0.5) is 0 Å². The number of benzene rings is 1. The van der Waals surface area contributed by atoms with Gasteiger partial charge in [-0.2, -0.15) is 0 Å². The molecular weight excluding hydrogens is 276 g/mol. The number of nitrogens with zero attached hydrogens (tertiary/aromatic N) is 1. The van der Waals surface area contributed by atoms with Crippen LogP contribution in [0.3, 0.4) is 0 Å². The van der Waals surface area contributed by atoms with Crippen LogP contribution in [0.25, 0.3) is 0 Å². The van der Waals surface area contributed by atoms with Crippen LogP contribution in [0.5, 0.6) is 0 Å². The zero-order chi connectivity index (χ0) is 12.7. The van der Waals surface area contributed by atoms with E-state index in [1.165, 1.54) is 16.5 Å². The second-order valence-corrected chi connectivity index (χ2v) is 5.52. The van der Waals surface area contributed by atoms with Crippen molar-refractivity contribution in [2.24, 2.45) is 5.73 Å². The van der Waals surface area contributed by atoms with Crippen LogP contribution in [-0.2, 0) is 6.54 Å². The summed E-state index contributed by atoms with van der Waals surface area (Å²) in [4.78, 5) is 2.33. The summed E-state index contributed by atoms with van der Waals surface area (Å²) >= 11 is 3.58. The maximum absolute atomic E-state index is 6.02. The van der Waals surface area contributed by atoms with Crippen LogP contribution in [0, 0.1) is 0 Å². The Morgan fingerprint density at radius 1 is 1.29 bits per heavy atom. The summed E-state index contributed by atoms with van der Waals surface area (Å²) in [5.74, 6) is 0. The van der Waals surface area contributed by atoms with Gasteiger partial charge in [-0.05, 0) is 38.1 Å². The van der Waals surface area contributed by atoms with E-state index in [4.69, 9.17) is 5.73 Å². The lowest BCUT2D eigenvalue weighted by Gasteiger charge is -2.19. The quantitative estimate of drug-likeness (QED) is 0.836. The largest absolute Gasteiger partial charge is 0.328 e. The fourth-order valence-electron chi connectivity index (χ4n) is 1.90. The van der Waals surface area contributed by atoms with Gasteiger partial charge in [0.25, 0.3) is 0 Å². The summed E-state index contributed by atoms with van der Waals surface area (Å²) in [6, 6.07) is 8.72. The molecule has 0 bridgehead atoms. The van der Waals surface area contributed by atoms with Gasteiger partial charge in [0.05, 0.1) is 0 Å². The summed E-state index contributed by atoms with van der Waals surface area (Å²) < 4.78 is 1.18. The van der Waals surface area contributed by atoms with E-state index < -0.39 is 0 Å². The molecule has 1 atom stereocenters. The van der Waals surface area contributed by atoms with Crippen LogP contribution in [0.15, 0.2) is 28.7 Å². The fourth-order valence-corrected chi connectivity index (χ4v) is 2.31. The molecule has 96 valence electrons. The van der Waals surface area contributed by atoms with Crippen LogP contribution in [0.2, 0.25) is 0 Å². The van der Waals surface area contributed by atoms with Gasteiger partial charge in [0.1, 0.15) is 0 Å².